The Balaban J connectivity index is 2.03. The van der Waals surface area contributed by atoms with Gasteiger partial charge in [-0.15, -0.1) is 0 Å². The zero-order chi connectivity index (χ0) is 19.2. The molecule has 0 saturated carbocycles. The van der Waals surface area contributed by atoms with Crippen LogP contribution < -0.4 is 4.74 Å². The van der Waals surface area contributed by atoms with Gasteiger partial charge in [-0.25, -0.2) is 21.6 Å². The third-order valence-electron chi connectivity index (χ3n) is 4.35. The number of nitrogens with zero attached hydrogens (tertiary/aromatic N) is 1. The summed E-state index contributed by atoms with van der Waals surface area (Å²) in [6.07, 6.45) is 1.20. The number of carbonyl (C=O) groups excluding carboxylic acids is 1. The van der Waals surface area contributed by atoms with E-state index >= 15 is 0 Å². The highest BCUT2D eigenvalue weighted by atomic mass is 32.2. The highest BCUT2D eigenvalue weighted by Crippen LogP contribution is 2.41. The predicted molar refractivity (Wildman–Crippen MR) is 94.5 cm³/mol. The van der Waals surface area contributed by atoms with Crippen molar-refractivity contribution in [3.05, 3.63) is 71.7 Å². The molecule has 0 aliphatic carbocycles. The van der Waals surface area contributed by atoms with Crippen LogP contribution in [0.5, 0.6) is 5.75 Å². The first-order chi connectivity index (χ1) is 12.9. The van der Waals surface area contributed by atoms with E-state index in [4.69, 9.17) is 9.47 Å². The minimum absolute atomic E-state index is 0.0163. The van der Waals surface area contributed by atoms with Gasteiger partial charge in [-0.3, -0.25) is 0 Å². The molecule has 8 heteroatoms. The molecule has 0 radical (unpaired) electrons. The quantitative estimate of drug-likeness (QED) is 0.645. The van der Waals surface area contributed by atoms with Crippen LogP contribution in [0.1, 0.15) is 15.9 Å². The number of ether oxygens (including phenoxy) is 2. The molecule has 0 N–H and O–H groups in total. The molecular weight excluding hydrogens is 373 g/mol. The number of fused-ring (bicyclic) bond motifs is 3. The van der Waals surface area contributed by atoms with E-state index in [1.165, 1.54) is 25.4 Å². The average Bonchev–Trinajstić information content (AvgIpc) is 3.08. The zero-order valence-electron chi connectivity index (χ0n) is 14.2. The Hall–Kier alpha value is -3.13. The number of benzene rings is 2. The van der Waals surface area contributed by atoms with Crippen molar-refractivity contribution in [1.82, 2.24) is 3.97 Å². The van der Waals surface area contributed by atoms with E-state index in [0.717, 1.165) is 16.1 Å². The van der Waals surface area contributed by atoms with E-state index in [1.54, 1.807) is 24.3 Å². The molecule has 1 aromatic heterocycles. The summed E-state index contributed by atoms with van der Waals surface area (Å²) in [5.74, 6) is -0.855. The molecule has 0 unspecified atom stereocenters. The Morgan fingerprint density at radius 1 is 1.19 bits per heavy atom. The van der Waals surface area contributed by atoms with Gasteiger partial charge in [0.1, 0.15) is 18.2 Å². The molecule has 2 heterocycles. The van der Waals surface area contributed by atoms with E-state index < -0.39 is 21.8 Å². The molecule has 27 heavy (non-hydrogen) atoms. The molecule has 1 aliphatic rings. The van der Waals surface area contributed by atoms with Crippen molar-refractivity contribution in [1.29, 1.82) is 0 Å². The number of rotatable bonds is 3. The van der Waals surface area contributed by atoms with Gasteiger partial charge in [-0.05, 0) is 30.3 Å². The van der Waals surface area contributed by atoms with Crippen LogP contribution in [0.15, 0.2) is 59.6 Å². The van der Waals surface area contributed by atoms with Crippen LogP contribution in [-0.4, -0.2) is 25.5 Å². The Kier molecular flexibility index (Phi) is 4.00. The fraction of sp³-hybridized carbons (Fsp3) is 0.105. The Morgan fingerprint density at radius 2 is 1.96 bits per heavy atom. The summed E-state index contributed by atoms with van der Waals surface area (Å²) in [6.45, 7) is 0.0163. The zero-order valence-corrected chi connectivity index (χ0v) is 15.0. The third kappa shape index (κ3) is 2.69. The summed E-state index contributed by atoms with van der Waals surface area (Å²) in [6, 6.07) is 11.6. The maximum atomic E-state index is 13.6. The van der Waals surface area contributed by atoms with Crippen molar-refractivity contribution >= 4 is 16.0 Å². The van der Waals surface area contributed by atoms with Gasteiger partial charge >= 0.3 is 5.97 Å². The molecule has 6 nitrogen and oxygen atoms in total. The maximum absolute atomic E-state index is 13.6. The smallest absolute Gasteiger partial charge is 0.339 e. The molecule has 0 atom stereocenters. The van der Waals surface area contributed by atoms with Crippen molar-refractivity contribution in [2.75, 3.05) is 7.11 Å². The number of esters is 1. The number of hydrogen-bond acceptors (Lipinski definition) is 5. The van der Waals surface area contributed by atoms with Crippen LogP contribution in [0.3, 0.4) is 0 Å². The van der Waals surface area contributed by atoms with Gasteiger partial charge < -0.3 is 9.47 Å². The second kappa shape index (κ2) is 6.24. The lowest BCUT2D eigenvalue weighted by Crippen LogP contribution is -2.16. The molecule has 138 valence electrons. The lowest BCUT2D eigenvalue weighted by molar-refractivity contribution is 0.0598. The van der Waals surface area contributed by atoms with Crippen LogP contribution in [0.25, 0.3) is 11.3 Å². The summed E-state index contributed by atoms with van der Waals surface area (Å²) in [4.78, 5) is 12.0. The largest absolute Gasteiger partial charge is 0.488 e. The standard InChI is InChI=1S/C19H14FNO5S/c1-25-19(22)15-10-21(27(23,24)13-6-4-5-12(20)9-13)18-14-7-2-3-8-17(14)26-11-16(15)18/h2-10H,11H2,1H3. The molecule has 0 spiro atoms. The molecule has 1 aliphatic heterocycles. The van der Waals surface area contributed by atoms with Crippen LogP contribution in [0.4, 0.5) is 4.39 Å². The monoisotopic (exact) mass is 387 g/mol. The fourth-order valence-electron chi connectivity index (χ4n) is 3.10. The molecule has 3 aromatic rings. The maximum Gasteiger partial charge on any atom is 0.339 e. The van der Waals surface area contributed by atoms with Gasteiger partial charge in [0, 0.05) is 17.3 Å². The van der Waals surface area contributed by atoms with Gasteiger partial charge in [0.2, 0.25) is 0 Å². The van der Waals surface area contributed by atoms with E-state index in [2.05, 4.69) is 0 Å². The van der Waals surface area contributed by atoms with Crippen molar-refractivity contribution in [3.8, 4) is 17.0 Å². The van der Waals surface area contributed by atoms with Gasteiger partial charge in [0.15, 0.2) is 0 Å². The van der Waals surface area contributed by atoms with Gasteiger partial charge in [0.25, 0.3) is 10.0 Å². The Labute approximate surface area is 154 Å². The molecule has 0 saturated heterocycles. The highest BCUT2D eigenvalue weighted by molar-refractivity contribution is 7.90. The molecule has 4 rings (SSSR count). The number of carbonyl (C=O) groups is 1. The van der Waals surface area contributed by atoms with E-state index in [1.807, 2.05) is 0 Å². The molecule has 0 bridgehead atoms. The second-order valence-electron chi connectivity index (χ2n) is 5.90. The van der Waals surface area contributed by atoms with Gasteiger partial charge in [-0.1, -0.05) is 18.2 Å². The van der Waals surface area contributed by atoms with Crippen LogP contribution in [0, 0.1) is 5.82 Å². The van der Waals surface area contributed by atoms with Crippen molar-refractivity contribution in [2.24, 2.45) is 0 Å². The van der Waals surface area contributed by atoms with Crippen LogP contribution >= 0.6 is 0 Å². The first kappa shape index (κ1) is 17.3. The van der Waals surface area contributed by atoms with Gasteiger partial charge in [0.05, 0.1) is 23.3 Å². The Morgan fingerprint density at radius 3 is 2.70 bits per heavy atom. The lowest BCUT2D eigenvalue weighted by Gasteiger charge is -2.20. The molecule has 2 aromatic carbocycles. The number of methoxy groups -OCH3 is 1. The average molecular weight is 387 g/mol. The first-order valence-electron chi connectivity index (χ1n) is 7.99. The second-order valence-corrected chi connectivity index (χ2v) is 7.72. The van der Waals surface area contributed by atoms with E-state index in [-0.39, 0.29) is 17.1 Å². The number of aromatic nitrogens is 1. The van der Waals surface area contributed by atoms with Crippen LogP contribution in [-0.2, 0) is 21.4 Å². The van der Waals surface area contributed by atoms with Crippen molar-refractivity contribution < 1.29 is 27.1 Å². The van der Waals surface area contributed by atoms with E-state index in [9.17, 15) is 17.6 Å². The topological polar surface area (TPSA) is 74.6 Å². The lowest BCUT2D eigenvalue weighted by atomic mass is 10.0. The number of para-hydroxylation sites is 1. The normalized spacial score (nSPS) is 12.7. The number of hydrogen-bond donors (Lipinski definition) is 0. The predicted octanol–water partition coefficient (Wildman–Crippen LogP) is 3.21. The summed E-state index contributed by atoms with van der Waals surface area (Å²) in [5.41, 5.74) is 1.32. The minimum Gasteiger partial charge on any atom is -0.488 e. The van der Waals surface area contributed by atoms with Crippen LogP contribution in [0.2, 0.25) is 0 Å². The summed E-state index contributed by atoms with van der Waals surface area (Å²) >= 11 is 0. The third-order valence-corrected chi connectivity index (χ3v) is 6.01. The minimum atomic E-state index is -4.15. The van der Waals surface area contributed by atoms with Crippen molar-refractivity contribution in [3.63, 3.8) is 0 Å². The SMILES string of the molecule is COC(=O)c1cn(S(=O)(=O)c2cccc(F)c2)c2c1COc1ccccc1-2. The van der Waals surface area contributed by atoms with Crippen molar-refractivity contribution in [2.45, 2.75) is 11.5 Å². The van der Waals surface area contributed by atoms with Gasteiger partial charge in [-0.2, -0.15) is 0 Å². The number of halogens is 1. The summed E-state index contributed by atoms with van der Waals surface area (Å²) in [7, 11) is -2.94. The molecular formula is C19H14FNO5S. The first-order valence-corrected chi connectivity index (χ1v) is 9.43. The molecule has 0 amide bonds. The highest BCUT2D eigenvalue weighted by Gasteiger charge is 2.33. The molecule has 0 fully saturated rings. The van der Waals surface area contributed by atoms with E-state index in [0.29, 0.717) is 22.6 Å². The summed E-state index contributed by atoms with van der Waals surface area (Å²) in [5, 5.41) is 0. The Bertz CT molecular complexity index is 1170. The summed E-state index contributed by atoms with van der Waals surface area (Å²) < 4.78 is 51.4. The fourth-order valence-corrected chi connectivity index (χ4v) is 4.53.